The van der Waals surface area contributed by atoms with Gasteiger partial charge in [-0.2, -0.15) is 0 Å². The molecule has 1 saturated carbocycles. The van der Waals surface area contributed by atoms with Gasteiger partial charge in [0.1, 0.15) is 0 Å². The Labute approximate surface area is 93.6 Å². The van der Waals surface area contributed by atoms with Crippen LogP contribution in [0.25, 0.3) is 0 Å². The molecule has 0 radical (unpaired) electrons. The smallest absolute Gasteiger partial charge is 0.0884 e. The van der Waals surface area contributed by atoms with Crippen LogP contribution >= 0.6 is 0 Å². The van der Waals surface area contributed by atoms with E-state index in [-0.39, 0.29) is 0 Å². The van der Waals surface area contributed by atoms with Crippen molar-refractivity contribution in [1.82, 2.24) is 0 Å². The molecule has 1 fully saturated rings. The van der Waals surface area contributed by atoms with E-state index in [1.54, 1.807) is 0 Å². The van der Waals surface area contributed by atoms with Crippen LogP contribution in [-0.4, -0.2) is 10.7 Å². The van der Waals surface area contributed by atoms with Crippen molar-refractivity contribution in [2.45, 2.75) is 64.4 Å². The Morgan fingerprint density at radius 1 is 1.27 bits per heavy atom. The summed E-state index contributed by atoms with van der Waals surface area (Å²) in [5.41, 5.74) is 0.894. The van der Waals surface area contributed by atoms with Gasteiger partial charge >= 0.3 is 0 Å². The first-order valence-electron chi connectivity index (χ1n) is 6.56. The second-order valence-electron chi connectivity index (χ2n) is 5.56. The highest BCUT2D eigenvalue weighted by Gasteiger charge is 2.42. The molecule has 0 spiro atoms. The Hall–Kier alpha value is -0.300. The molecule has 2 aliphatic rings. The van der Waals surface area contributed by atoms with E-state index in [0.717, 1.165) is 12.8 Å². The summed E-state index contributed by atoms with van der Waals surface area (Å²) >= 11 is 0. The van der Waals surface area contributed by atoms with Gasteiger partial charge in [-0.1, -0.05) is 26.3 Å². The molecule has 0 saturated heterocycles. The van der Waals surface area contributed by atoms with Gasteiger partial charge in [-0.05, 0) is 55.9 Å². The average molecular weight is 208 g/mol. The summed E-state index contributed by atoms with van der Waals surface area (Å²) in [7, 11) is 0. The Balaban J connectivity index is 2.19. The molecule has 1 N–H and O–H groups in total. The Morgan fingerprint density at radius 2 is 2.07 bits per heavy atom. The minimum atomic E-state index is -0.460. The van der Waals surface area contributed by atoms with Gasteiger partial charge < -0.3 is 5.11 Å². The lowest BCUT2D eigenvalue weighted by atomic mass is 9.65. The van der Waals surface area contributed by atoms with Crippen LogP contribution in [0.1, 0.15) is 58.8 Å². The lowest BCUT2D eigenvalue weighted by Crippen LogP contribution is -2.45. The van der Waals surface area contributed by atoms with Crippen molar-refractivity contribution in [3.05, 3.63) is 11.6 Å². The lowest BCUT2D eigenvalue weighted by molar-refractivity contribution is -0.0349. The third kappa shape index (κ3) is 1.99. The van der Waals surface area contributed by atoms with E-state index in [2.05, 4.69) is 19.9 Å². The van der Waals surface area contributed by atoms with Gasteiger partial charge in [-0.15, -0.1) is 0 Å². The maximum Gasteiger partial charge on any atom is 0.0884 e. The molecule has 0 amide bonds. The van der Waals surface area contributed by atoms with Gasteiger partial charge in [0.15, 0.2) is 0 Å². The second-order valence-corrected chi connectivity index (χ2v) is 5.56. The quantitative estimate of drug-likeness (QED) is 0.652. The van der Waals surface area contributed by atoms with Crippen LogP contribution in [0.3, 0.4) is 0 Å². The SMILES string of the molecule is CC1CCCC(O)(C2=CCCCC2)C1C. The molecule has 0 bridgehead atoms. The van der Waals surface area contributed by atoms with Gasteiger partial charge in [-0.25, -0.2) is 0 Å². The summed E-state index contributed by atoms with van der Waals surface area (Å²) in [6.07, 6.45) is 10.7. The van der Waals surface area contributed by atoms with Crippen LogP contribution in [0.5, 0.6) is 0 Å². The van der Waals surface area contributed by atoms with Crippen molar-refractivity contribution in [3.63, 3.8) is 0 Å². The van der Waals surface area contributed by atoms with Gasteiger partial charge in [0.2, 0.25) is 0 Å². The van der Waals surface area contributed by atoms with Gasteiger partial charge in [0.25, 0.3) is 0 Å². The van der Waals surface area contributed by atoms with Crippen molar-refractivity contribution in [1.29, 1.82) is 0 Å². The summed E-state index contributed by atoms with van der Waals surface area (Å²) in [6.45, 7) is 4.53. The highest BCUT2D eigenvalue weighted by Crippen LogP contribution is 2.44. The zero-order valence-electron chi connectivity index (χ0n) is 10.1. The standard InChI is InChI=1S/C14H24O/c1-11-7-6-10-14(15,12(11)2)13-8-4-3-5-9-13/h8,11-12,15H,3-7,9-10H2,1-2H3. The number of hydrogen-bond donors (Lipinski definition) is 1. The summed E-state index contributed by atoms with van der Waals surface area (Å²) in [5.74, 6) is 1.11. The molecular formula is C14H24O. The second kappa shape index (κ2) is 4.29. The molecule has 3 atom stereocenters. The number of allylic oxidation sites excluding steroid dienone is 1. The molecule has 0 aromatic heterocycles. The van der Waals surface area contributed by atoms with Crippen molar-refractivity contribution < 1.29 is 5.11 Å². The topological polar surface area (TPSA) is 20.2 Å². The number of rotatable bonds is 1. The van der Waals surface area contributed by atoms with E-state index < -0.39 is 5.60 Å². The maximum absolute atomic E-state index is 10.9. The van der Waals surface area contributed by atoms with E-state index in [1.807, 2.05) is 0 Å². The van der Waals surface area contributed by atoms with E-state index in [1.165, 1.54) is 37.7 Å². The van der Waals surface area contributed by atoms with Crippen LogP contribution < -0.4 is 0 Å². The fourth-order valence-corrected chi connectivity index (χ4v) is 3.33. The van der Waals surface area contributed by atoms with Crippen molar-refractivity contribution in [3.8, 4) is 0 Å². The minimum Gasteiger partial charge on any atom is -0.385 e. The molecule has 0 aliphatic heterocycles. The molecular weight excluding hydrogens is 184 g/mol. The van der Waals surface area contributed by atoms with Crippen molar-refractivity contribution in [2.75, 3.05) is 0 Å². The normalized spacial score (nSPS) is 42.5. The van der Waals surface area contributed by atoms with Crippen LogP contribution in [0, 0.1) is 11.8 Å². The number of aliphatic hydroxyl groups is 1. The highest BCUT2D eigenvalue weighted by atomic mass is 16.3. The number of hydrogen-bond acceptors (Lipinski definition) is 1. The van der Waals surface area contributed by atoms with Crippen LogP contribution in [0.4, 0.5) is 0 Å². The minimum absolute atomic E-state index is 0.440. The maximum atomic E-state index is 10.9. The lowest BCUT2D eigenvalue weighted by Gasteiger charge is -2.44. The predicted octanol–water partition coefficient (Wildman–Crippen LogP) is 3.67. The fourth-order valence-electron chi connectivity index (χ4n) is 3.33. The molecule has 0 aromatic carbocycles. The molecule has 0 heterocycles. The van der Waals surface area contributed by atoms with E-state index in [9.17, 15) is 5.11 Å². The molecule has 2 aliphatic carbocycles. The van der Waals surface area contributed by atoms with E-state index in [4.69, 9.17) is 0 Å². The summed E-state index contributed by atoms with van der Waals surface area (Å²) < 4.78 is 0. The zero-order chi connectivity index (χ0) is 10.9. The average Bonchev–Trinajstić information content (AvgIpc) is 2.27. The Kier molecular flexibility index (Phi) is 3.20. The summed E-state index contributed by atoms with van der Waals surface area (Å²) in [4.78, 5) is 0. The predicted molar refractivity (Wildman–Crippen MR) is 63.7 cm³/mol. The first-order valence-corrected chi connectivity index (χ1v) is 6.56. The molecule has 1 nitrogen and oxygen atoms in total. The largest absolute Gasteiger partial charge is 0.385 e. The zero-order valence-corrected chi connectivity index (χ0v) is 10.1. The van der Waals surface area contributed by atoms with Crippen LogP contribution in [0.2, 0.25) is 0 Å². The molecule has 2 rings (SSSR count). The fraction of sp³-hybridized carbons (Fsp3) is 0.857. The molecule has 15 heavy (non-hydrogen) atoms. The van der Waals surface area contributed by atoms with Gasteiger partial charge in [-0.3, -0.25) is 0 Å². The van der Waals surface area contributed by atoms with E-state index in [0.29, 0.717) is 11.8 Å². The molecule has 1 heteroatoms. The first kappa shape index (κ1) is 11.2. The Bertz CT molecular complexity index is 256. The highest BCUT2D eigenvalue weighted by molar-refractivity contribution is 5.21. The Morgan fingerprint density at radius 3 is 2.73 bits per heavy atom. The first-order chi connectivity index (χ1) is 7.14. The molecule has 3 unspecified atom stereocenters. The molecule has 0 aromatic rings. The van der Waals surface area contributed by atoms with Gasteiger partial charge in [0.05, 0.1) is 5.60 Å². The van der Waals surface area contributed by atoms with E-state index >= 15 is 0 Å². The van der Waals surface area contributed by atoms with Crippen molar-refractivity contribution in [2.24, 2.45) is 11.8 Å². The van der Waals surface area contributed by atoms with Crippen LogP contribution in [0.15, 0.2) is 11.6 Å². The third-order valence-corrected chi connectivity index (χ3v) is 4.67. The third-order valence-electron chi connectivity index (χ3n) is 4.67. The monoisotopic (exact) mass is 208 g/mol. The van der Waals surface area contributed by atoms with Crippen LogP contribution in [-0.2, 0) is 0 Å². The van der Waals surface area contributed by atoms with Gasteiger partial charge in [0, 0.05) is 0 Å². The van der Waals surface area contributed by atoms with Crippen molar-refractivity contribution >= 4 is 0 Å². The summed E-state index contributed by atoms with van der Waals surface area (Å²) in [6, 6.07) is 0. The molecule has 86 valence electrons. The summed E-state index contributed by atoms with van der Waals surface area (Å²) in [5, 5.41) is 10.9.